The van der Waals surface area contributed by atoms with Crippen molar-refractivity contribution in [1.29, 1.82) is 0 Å². The highest BCUT2D eigenvalue weighted by Gasteiger charge is 2.12. The summed E-state index contributed by atoms with van der Waals surface area (Å²) in [6, 6.07) is 5.25. The van der Waals surface area contributed by atoms with Gasteiger partial charge in [0, 0.05) is 24.7 Å². The highest BCUT2D eigenvalue weighted by atomic mass is 16.4. The van der Waals surface area contributed by atoms with E-state index in [2.05, 4.69) is 10.3 Å². The number of aliphatic carboxylic acids is 1. The van der Waals surface area contributed by atoms with E-state index < -0.39 is 5.97 Å². The zero-order valence-electron chi connectivity index (χ0n) is 11.9. The minimum absolute atomic E-state index is 0.169. The molecule has 0 saturated heterocycles. The maximum Gasteiger partial charge on any atom is 0.303 e. The molecular formula is C15H18N2O4. The molecule has 0 spiro atoms. The van der Waals surface area contributed by atoms with Crippen LogP contribution >= 0.6 is 0 Å². The van der Waals surface area contributed by atoms with E-state index in [1.165, 1.54) is 0 Å². The van der Waals surface area contributed by atoms with Crippen LogP contribution in [-0.2, 0) is 4.79 Å². The van der Waals surface area contributed by atoms with Gasteiger partial charge in [-0.15, -0.1) is 0 Å². The lowest BCUT2D eigenvalue weighted by atomic mass is 10.2. The van der Waals surface area contributed by atoms with Crippen molar-refractivity contribution in [2.24, 2.45) is 0 Å². The lowest BCUT2D eigenvalue weighted by Gasteiger charge is -2.02. The summed E-state index contributed by atoms with van der Waals surface area (Å²) in [5.41, 5.74) is 2.13. The van der Waals surface area contributed by atoms with Crippen LogP contribution in [0, 0.1) is 6.92 Å². The van der Waals surface area contributed by atoms with E-state index in [-0.39, 0.29) is 18.1 Å². The van der Waals surface area contributed by atoms with E-state index >= 15 is 0 Å². The number of unbranched alkanes of at least 4 members (excludes halogenated alkanes) is 2. The Bertz CT molecular complexity index is 648. The van der Waals surface area contributed by atoms with Gasteiger partial charge < -0.3 is 14.8 Å². The number of carboxylic acid groups (broad SMARTS) is 1. The van der Waals surface area contributed by atoms with Crippen LogP contribution in [0.3, 0.4) is 0 Å². The molecule has 1 amide bonds. The molecule has 0 aliphatic carbocycles. The minimum atomic E-state index is -0.788. The highest BCUT2D eigenvalue weighted by molar-refractivity contribution is 5.95. The zero-order valence-corrected chi connectivity index (χ0v) is 11.9. The number of carboxylic acids is 1. The maximum atomic E-state index is 11.9. The second kappa shape index (κ2) is 6.88. The fourth-order valence-corrected chi connectivity index (χ4v) is 2.00. The molecule has 2 N–H and O–H groups in total. The third-order valence-electron chi connectivity index (χ3n) is 3.09. The standard InChI is InChI=1S/C15H18N2O4/c1-10-6-7-12-11(17-10)9-13(21-12)15(20)16-8-4-2-3-5-14(18)19/h6-7,9H,2-5,8H2,1H3,(H,16,20)(H,18,19). The molecule has 2 aromatic rings. The number of rotatable bonds is 7. The molecule has 2 rings (SSSR count). The molecule has 0 aromatic carbocycles. The van der Waals surface area contributed by atoms with Crippen molar-refractivity contribution in [3.63, 3.8) is 0 Å². The fraction of sp³-hybridized carbons (Fsp3) is 0.400. The normalized spacial score (nSPS) is 10.7. The Kier molecular flexibility index (Phi) is 4.92. The lowest BCUT2D eigenvalue weighted by Crippen LogP contribution is -2.23. The average Bonchev–Trinajstić information content (AvgIpc) is 2.85. The number of hydrogen-bond donors (Lipinski definition) is 2. The van der Waals surface area contributed by atoms with E-state index in [9.17, 15) is 9.59 Å². The molecule has 112 valence electrons. The topological polar surface area (TPSA) is 92.4 Å². The summed E-state index contributed by atoms with van der Waals surface area (Å²) in [6.07, 6.45) is 2.31. The predicted octanol–water partition coefficient (Wildman–Crippen LogP) is 2.51. The van der Waals surface area contributed by atoms with Crippen LogP contribution in [0.25, 0.3) is 11.1 Å². The van der Waals surface area contributed by atoms with Gasteiger partial charge >= 0.3 is 5.97 Å². The fourth-order valence-electron chi connectivity index (χ4n) is 2.00. The Labute approximate surface area is 122 Å². The van der Waals surface area contributed by atoms with Gasteiger partial charge in [0.1, 0.15) is 5.52 Å². The second-order valence-electron chi connectivity index (χ2n) is 4.91. The molecule has 0 saturated carbocycles. The number of amides is 1. The first kappa shape index (κ1) is 15.0. The van der Waals surface area contributed by atoms with Crippen molar-refractivity contribution < 1.29 is 19.1 Å². The van der Waals surface area contributed by atoms with Gasteiger partial charge in [-0.3, -0.25) is 9.59 Å². The van der Waals surface area contributed by atoms with E-state index in [4.69, 9.17) is 9.52 Å². The molecule has 0 aliphatic heterocycles. The molecular weight excluding hydrogens is 272 g/mol. The van der Waals surface area contributed by atoms with Gasteiger partial charge in [0.05, 0.1) is 0 Å². The largest absolute Gasteiger partial charge is 0.481 e. The smallest absolute Gasteiger partial charge is 0.303 e. The number of carbonyl (C=O) groups excluding carboxylic acids is 1. The second-order valence-corrected chi connectivity index (χ2v) is 4.91. The summed E-state index contributed by atoms with van der Waals surface area (Å²) in [6.45, 7) is 2.38. The summed E-state index contributed by atoms with van der Waals surface area (Å²) in [4.78, 5) is 26.5. The van der Waals surface area contributed by atoms with Crippen LogP contribution in [0.5, 0.6) is 0 Å². The Balaban J connectivity index is 1.81. The zero-order chi connectivity index (χ0) is 15.2. The number of hydrogen-bond acceptors (Lipinski definition) is 4. The van der Waals surface area contributed by atoms with Crippen LogP contribution in [0.1, 0.15) is 41.9 Å². The van der Waals surface area contributed by atoms with Crippen molar-refractivity contribution in [2.45, 2.75) is 32.6 Å². The number of fused-ring (bicyclic) bond motifs is 1. The van der Waals surface area contributed by atoms with Gasteiger partial charge in [0.25, 0.3) is 5.91 Å². The summed E-state index contributed by atoms with van der Waals surface area (Å²) < 4.78 is 5.44. The maximum absolute atomic E-state index is 11.9. The number of nitrogens with zero attached hydrogens (tertiary/aromatic N) is 1. The molecule has 0 unspecified atom stereocenters. The Hall–Kier alpha value is -2.37. The Morgan fingerprint density at radius 1 is 1.29 bits per heavy atom. The third kappa shape index (κ3) is 4.30. The van der Waals surface area contributed by atoms with E-state index in [0.717, 1.165) is 18.5 Å². The number of carbonyl (C=O) groups is 2. The van der Waals surface area contributed by atoms with Gasteiger partial charge in [0.2, 0.25) is 0 Å². The molecule has 0 fully saturated rings. The lowest BCUT2D eigenvalue weighted by molar-refractivity contribution is -0.137. The first-order valence-corrected chi connectivity index (χ1v) is 6.93. The van der Waals surface area contributed by atoms with Crippen molar-refractivity contribution in [3.05, 3.63) is 29.7 Å². The Morgan fingerprint density at radius 2 is 2.10 bits per heavy atom. The number of furan rings is 1. The van der Waals surface area contributed by atoms with Gasteiger partial charge in [-0.05, 0) is 31.9 Å². The monoisotopic (exact) mass is 290 g/mol. The van der Waals surface area contributed by atoms with Crippen molar-refractivity contribution in [2.75, 3.05) is 6.54 Å². The third-order valence-corrected chi connectivity index (χ3v) is 3.09. The van der Waals surface area contributed by atoms with Gasteiger partial charge in [-0.1, -0.05) is 6.42 Å². The van der Waals surface area contributed by atoms with Crippen LogP contribution in [0.2, 0.25) is 0 Å². The highest BCUT2D eigenvalue weighted by Crippen LogP contribution is 2.17. The average molecular weight is 290 g/mol. The van der Waals surface area contributed by atoms with Gasteiger partial charge in [-0.2, -0.15) is 0 Å². The summed E-state index contributed by atoms with van der Waals surface area (Å²) >= 11 is 0. The first-order valence-electron chi connectivity index (χ1n) is 6.93. The van der Waals surface area contributed by atoms with Crippen LogP contribution in [0.4, 0.5) is 0 Å². The van der Waals surface area contributed by atoms with Crippen LogP contribution < -0.4 is 5.32 Å². The molecule has 0 bridgehead atoms. The van der Waals surface area contributed by atoms with Gasteiger partial charge in [-0.25, -0.2) is 4.98 Å². The SMILES string of the molecule is Cc1ccc2oc(C(=O)NCCCCCC(=O)O)cc2n1. The van der Waals surface area contributed by atoms with E-state index in [1.807, 2.05) is 13.0 Å². The van der Waals surface area contributed by atoms with Crippen molar-refractivity contribution in [3.8, 4) is 0 Å². The summed E-state index contributed by atoms with van der Waals surface area (Å²) in [7, 11) is 0. The molecule has 0 radical (unpaired) electrons. The summed E-state index contributed by atoms with van der Waals surface area (Å²) in [5.74, 6) is -0.818. The quantitative estimate of drug-likeness (QED) is 0.764. The van der Waals surface area contributed by atoms with E-state index in [1.54, 1.807) is 12.1 Å². The van der Waals surface area contributed by atoms with Crippen molar-refractivity contribution >= 4 is 23.0 Å². The number of pyridine rings is 1. The molecule has 0 aliphatic rings. The number of aromatic nitrogens is 1. The number of nitrogens with one attached hydrogen (secondary N) is 1. The molecule has 0 atom stereocenters. The number of aryl methyl sites for hydroxylation is 1. The van der Waals surface area contributed by atoms with E-state index in [0.29, 0.717) is 24.1 Å². The molecule has 6 heteroatoms. The van der Waals surface area contributed by atoms with Crippen LogP contribution in [0.15, 0.2) is 22.6 Å². The molecule has 2 heterocycles. The van der Waals surface area contributed by atoms with Crippen molar-refractivity contribution in [1.82, 2.24) is 10.3 Å². The van der Waals surface area contributed by atoms with Crippen LogP contribution in [-0.4, -0.2) is 28.5 Å². The minimum Gasteiger partial charge on any atom is -0.481 e. The summed E-state index contributed by atoms with van der Waals surface area (Å²) in [5, 5.41) is 11.3. The van der Waals surface area contributed by atoms with Gasteiger partial charge in [0.15, 0.2) is 11.3 Å². The first-order chi connectivity index (χ1) is 10.1. The Morgan fingerprint density at radius 3 is 2.86 bits per heavy atom. The molecule has 2 aromatic heterocycles. The predicted molar refractivity (Wildman–Crippen MR) is 77.2 cm³/mol. The molecule has 21 heavy (non-hydrogen) atoms. The molecule has 6 nitrogen and oxygen atoms in total.